The molecule has 3 aromatic rings. The molecule has 0 amide bonds. The summed E-state index contributed by atoms with van der Waals surface area (Å²) in [7, 11) is 9.46. The number of rotatable bonds is 11. The average Bonchev–Trinajstić information content (AvgIpc) is 3.31. The van der Waals surface area contributed by atoms with E-state index in [1.165, 1.54) is 11.3 Å². The molecule has 0 aliphatic carbocycles. The molecule has 1 aromatic heterocycles. The van der Waals surface area contributed by atoms with Gasteiger partial charge in [0.1, 0.15) is 17.2 Å². The summed E-state index contributed by atoms with van der Waals surface area (Å²) in [5.74, 6) is 3.30. The molecule has 0 aliphatic rings. The maximum atomic E-state index is 5.55. The number of methoxy groups -OCH3 is 6. The monoisotopic (exact) mass is 499 g/mol. The van der Waals surface area contributed by atoms with Gasteiger partial charge in [-0.3, -0.25) is 4.99 Å². The van der Waals surface area contributed by atoms with Crippen LogP contribution >= 0.6 is 11.3 Å². The maximum Gasteiger partial charge on any atom is 0.206 e. The van der Waals surface area contributed by atoms with Crippen molar-refractivity contribution < 1.29 is 28.4 Å². The van der Waals surface area contributed by atoms with Gasteiger partial charge in [-0.1, -0.05) is 6.08 Å². The lowest BCUT2D eigenvalue weighted by molar-refractivity contribution is 0.324. The molecule has 0 aliphatic heterocycles. The summed E-state index contributed by atoms with van der Waals surface area (Å²) in [6.07, 6.45) is 3.39. The van der Waals surface area contributed by atoms with Crippen LogP contribution in [0.25, 0.3) is 11.3 Å². The molecule has 186 valence electrons. The zero-order valence-electron chi connectivity index (χ0n) is 20.7. The van der Waals surface area contributed by atoms with Crippen molar-refractivity contribution in [3.8, 4) is 45.8 Å². The third kappa shape index (κ3) is 5.43. The Hall–Kier alpha value is -3.92. The van der Waals surface area contributed by atoms with Crippen LogP contribution in [0.2, 0.25) is 0 Å². The molecule has 0 saturated heterocycles. The molecule has 0 saturated carbocycles. The van der Waals surface area contributed by atoms with Crippen molar-refractivity contribution in [3.63, 3.8) is 0 Å². The van der Waals surface area contributed by atoms with Crippen LogP contribution in [-0.4, -0.2) is 60.1 Å². The Morgan fingerprint density at radius 2 is 1.43 bits per heavy atom. The normalized spacial score (nSPS) is 11.4. The Balaban J connectivity index is 2.22. The lowest BCUT2D eigenvalue weighted by Gasteiger charge is -2.14. The molecule has 1 heterocycles. The van der Waals surface area contributed by atoms with Crippen molar-refractivity contribution >= 4 is 17.6 Å². The SMILES string of the molecule is C=CCN=c1scc(-c2cc(OC)c(OC)c(OC)c2)n1/N=C/c1c(OC)cc(OC)cc1OC. The minimum atomic E-state index is 0.444. The van der Waals surface area contributed by atoms with E-state index in [0.717, 1.165) is 11.3 Å². The van der Waals surface area contributed by atoms with E-state index >= 15 is 0 Å². The first-order valence-electron chi connectivity index (χ1n) is 10.5. The van der Waals surface area contributed by atoms with Crippen LogP contribution in [0.3, 0.4) is 0 Å². The van der Waals surface area contributed by atoms with Crippen LogP contribution in [0.15, 0.2) is 52.4 Å². The molecule has 3 rings (SSSR count). The summed E-state index contributed by atoms with van der Waals surface area (Å²) < 4.78 is 34.7. The summed E-state index contributed by atoms with van der Waals surface area (Å²) >= 11 is 1.45. The minimum absolute atomic E-state index is 0.444. The molecule has 0 N–H and O–H groups in total. The molecule has 0 atom stereocenters. The van der Waals surface area contributed by atoms with Crippen molar-refractivity contribution in [3.05, 3.63) is 52.7 Å². The fourth-order valence-corrected chi connectivity index (χ4v) is 4.21. The highest BCUT2D eigenvalue weighted by Crippen LogP contribution is 2.41. The summed E-state index contributed by atoms with van der Waals surface area (Å²) in [5.41, 5.74) is 2.24. The number of ether oxygens (including phenoxy) is 6. The quantitative estimate of drug-likeness (QED) is 0.290. The summed E-state index contributed by atoms with van der Waals surface area (Å²) in [6.45, 7) is 4.21. The van der Waals surface area contributed by atoms with Gasteiger partial charge in [0.25, 0.3) is 0 Å². The van der Waals surface area contributed by atoms with Crippen molar-refractivity contribution in [1.29, 1.82) is 0 Å². The Bertz CT molecular complexity index is 1230. The number of hydrogen-bond acceptors (Lipinski definition) is 9. The summed E-state index contributed by atoms with van der Waals surface area (Å²) in [5, 5.41) is 6.71. The average molecular weight is 500 g/mol. The first-order chi connectivity index (χ1) is 17.0. The van der Waals surface area contributed by atoms with E-state index in [-0.39, 0.29) is 0 Å². The van der Waals surface area contributed by atoms with Gasteiger partial charge < -0.3 is 28.4 Å². The van der Waals surface area contributed by atoms with Crippen LogP contribution < -0.4 is 33.2 Å². The van der Waals surface area contributed by atoms with E-state index in [1.807, 2.05) is 17.5 Å². The first-order valence-corrected chi connectivity index (χ1v) is 11.4. The van der Waals surface area contributed by atoms with Crippen molar-refractivity contribution in [2.75, 3.05) is 49.2 Å². The number of benzene rings is 2. The third-order valence-electron chi connectivity index (χ3n) is 5.06. The molecular weight excluding hydrogens is 470 g/mol. The second kappa shape index (κ2) is 12.0. The Morgan fingerprint density at radius 3 is 1.91 bits per heavy atom. The lowest BCUT2D eigenvalue weighted by atomic mass is 10.1. The first kappa shape index (κ1) is 25.7. The smallest absolute Gasteiger partial charge is 0.206 e. The molecule has 9 nitrogen and oxygen atoms in total. The van der Waals surface area contributed by atoms with Gasteiger partial charge in [-0.2, -0.15) is 5.10 Å². The number of hydrogen-bond donors (Lipinski definition) is 0. The van der Waals surface area contributed by atoms with Crippen molar-refractivity contribution in [2.45, 2.75) is 0 Å². The fourth-order valence-electron chi connectivity index (χ4n) is 3.36. The van der Waals surface area contributed by atoms with Crippen LogP contribution in [0.4, 0.5) is 0 Å². The van der Waals surface area contributed by atoms with E-state index < -0.39 is 0 Å². The molecule has 35 heavy (non-hydrogen) atoms. The predicted molar refractivity (Wildman–Crippen MR) is 137 cm³/mol. The number of aromatic nitrogens is 1. The van der Waals surface area contributed by atoms with Gasteiger partial charge in [0.2, 0.25) is 10.6 Å². The highest BCUT2D eigenvalue weighted by Gasteiger charge is 2.17. The van der Waals surface area contributed by atoms with Crippen LogP contribution in [0.5, 0.6) is 34.5 Å². The van der Waals surface area contributed by atoms with E-state index in [1.54, 1.807) is 71.8 Å². The van der Waals surface area contributed by atoms with Gasteiger partial charge >= 0.3 is 0 Å². The fraction of sp³-hybridized carbons (Fsp3) is 0.280. The van der Waals surface area contributed by atoms with Crippen LogP contribution in [0, 0.1) is 0 Å². The maximum absolute atomic E-state index is 5.55. The Morgan fingerprint density at radius 1 is 0.829 bits per heavy atom. The number of thiazole rings is 1. The van der Waals surface area contributed by atoms with Gasteiger partial charge in [-0.15, -0.1) is 17.9 Å². The van der Waals surface area contributed by atoms with E-state index in [9.17, 15) is 0 Å². The zero-order valence-corrected chi connectivity index (χ0v) is 21.5. The summed E-state index contributed by atoms with van der Waals surface area (Å²) in [4.78, 5) is 5.27. The molecule has 0 spiro atoms. The second-order valence-corrected chi connectivity index (χ2v) is 7.79. The second-order valence-electron chi connectivity index (χ2n) is 6.95. The third-order valence-corrected chi connectivity index (χ3v) is 5.91. The topological polar surface area (TPSA) is 85.0 Å². The van der Waals surface area contributed by atoms with Gasteiger partial charge in [0.05, 0.1) is 66.7 Å². The van der Waals surface area contributed by atoms with Crippen LogP contribution in [0.1, 0.15) is 5.56 Å². The molecule has 0 radical (unpaired) electrons. The Labute approximate surface area is 208 Å². The van der Waals surface area contributed by atoms with Gasteiger partial charge in [-0.05, 0) is 12.1 Å². The van der Waals surface area contributed by atoms with Crippen LogP contribution in [-0.2, 0) is 0 Å². The van der Waals surface area contributed by atoms with Gasteiger partial charge in [-0.25, -0.2) is 4.68 Å². The molecular formula is C25H29N3O6S. The molecule has 0 bridgehead atoms. The van der Waals surface area contributed by atoms with E-state index in [0.29, 0.717) is 51.4 Å². The molecule has 2 aromatic carbocycles. The van der Waals surface area contributed by atoms with E-state index in [4.69, 9.17) is 33.5 Å². The van der Waals surface area contributed by atoms with Gasteiger partial charge in [0.15, 0.2) is 11.5 Å². The lowest BCUT2D eigenvalue weighted by Crippen LogP contribution is -2.13. The highest BCUT2D eigenvalue weighted by atomic mass is 32.1. The minimum Gasteiger partial charge on any atom is -0.496 e. The van der Waals surface area contributed by atoms with Crippen molar-refractivity contribution in [1.82, 2.24) is 4.68 Å². The highest BCUT2D eigenvalue weighted by molar-refractivity contribution is 7.07. The standard InChI is InChI=1S/C25H29N3O6S/c1-8-9-26-25-28(27-14-18-20(30-3)12-17(29-2)13-21(18)31-4)19(15-35-25)16-10-22(32-5)24(34-7)23(11-16)33-6/h8,10-15H,1,9H2,2-7H3/b26-25?,27-14+. The van der Waals surface area contributed by atoms with Crippen molar-refractivity contribution in [2.24, 2.45) is 10.1 Å². The Kier molecular flexibility index (Phi) is 8.80. The van der Waals surface area contributed by atoms with E-state index in [2.05, 4.69) is 11.6 Å². The molecule has 10 heteroatoms. The predicted octanol–water partition coefficient (Wildman–Crippen LogP) is 4.24. The molecule has 0 fully saturated rings. The zero-order chi connectivity index (χ0) is 25.4. The number of nitrogens with zero attached hydrogens (tertiary/aromatic N) is 3. The molecule has 0 unspecified atom stereocenters. The summed E-state index contributed by atoms with van der Waals surface area (Å²) in [6, 6.07) is 7.26. The van der Waals surface area contributed by atoms with Gasteiger partial charge in [0, 0.05) is 23.1 Å². The largest absolute Gasteiger partial charge is 0.496 e.